The van der Waals surface area contributed by atoms with Gasteiger partial charge in [0.25, 0.3) is 0 Å². The van der Waals surface area contributed by atoms with Crippen LogP contribution in [0, 0.1) is 5.41 Å². The summed E-state index contributed by atoms with van der Waals surface area (Å²) in [5.41, 5.74) is 3.74. The fraction of sp³-hybridized carbons (Fsp3) is 0.391. The molecule has 0 aromatic heterocycles. The van der Waals surface area contributed by atoms with Crippen LogP contribution in [-0.4, -0.2) is 63.1 Å². The molecule has 0 radical (unpaired) electrons. The highest BCUT2D eigenvalue weighted by molar-refractivity contribution is 5.45. The van der Waals surface area contributed by atoms with E-state index in [1.807, 2.05) is 72.8 Å². The first-order chi connectivity index (χ1) is 34.6. The summed E-state index contributed by atoms with van der Waals surface area (Å²) in [7, 11) is 13.0. The zero-order chi connectivity index (χ0) is 54.2. The number of hydrogen-bond donors (Lipinski definition) is 0. The van der Waals surface area contributed by atoms with Crippen LogP contribution in [0.1, 0.15) is 134 Å². The molecule has 7 aromatic rings. The van der Waals surface area contributed by atoms with E-state index in [9.17, 15) is 13.2 Å². The minimum Gasteiger partial charge on any atom is -0.497 e. The maximum Gasteiger partial charge on any atom is 0.402 e. The van der Waals surface area contributed by atoms with Gasteiger partial charge in [-0.25, -0.2) is 0 Å². The first-order valence-corrected chi connectivity index (χ1v) is 23.7. The lowest BCUT2D eigenvalue weighted by Gasteiger charge is -2.33. The molecule has 0 bridgehead atoms. The van der Waals surface area contributed by atoms with Crippen molar-refractivity contribution in [2.75, 3.05) is 56.9 Å². The molecule has 0 heterocycles. The Morgan fingerprint density at radius 3 is 0.575 bits per heavy atom. The first-order valence-electron chi connectivity index (χ1n) is 23.7. The van der Waals surface area contributed by atoms with Crippen molar-refractivity contribution in [3.05, 3.63) is 203 Å². The van der Waals surface area contributed by atoms with Crippen LogP contribution in [0.3, 0.4) is 0 Å². The second-order valence-corrected chi connectivity index (χ2v) is 18.9. The smallest absolute Gasteiger partial charge is 0.402 e. The topological polar surface area (TPSA) is 73.8 Å². The molecule has 8 nitrogen and oxygen atoms in total. The molecule has 7 aromatic carbocycles. The van der Waals surface area contributed by atoms with Gasteiger partial charge in [-0.3, -0.25) is 0 Å². The molecule has 0 amide bonds. The number of ether oxygens (including phenoxy) is 8. The number of rotatable bonds is 14. The molecule has 0 aliphatic rings. The van der Waals surface area contributed by atoms with Gasteiger partial charge in [0.2, 0.25) is 0 Å². The lowest BCUT2D eigenvalue weighted by molar-refractivity contribution is -0.173. The van der Waals surface area contributed by atoms with Gasteiger partial charge in [0, 0.05) is 5.41 Å². The normalized spacial score (nSPS) is 9.97. The molecule has 11 heteroatoms. The van der Waals surface area contributed by atoms with Crippen molar-refractivity contribution in [2.24, 2.45) is 5.41 Å². The van der Waals surface area contributed by atoms with Gasteiger partial charge in [0.05, 0.1) is 56.9 Å². The number of alkyl halides is 3. The van der Waals surface area contributed by atoms with Crippen molar-refractivity contribution < 1.29 is 51.1 Å². The minimum atomic E-state index is -4.43. The summed E-state index contributed by atoms with van der Waals surface area (Å²) >= 11 is 0. The minimum absolute atomic E-state index is 0. The van der Waals surface area contributed by atoms with Crippen LogP contribution in [0.5, 0.6) is 46.0 Å². The molecule has 448 valence electrons. The largest absolute Gasteiger partial charge is 0.497 e. The summed E-state index contributed by atoms with van der Waals surface area (Å²) in [6.45, 7) is 14.4. The molecule has 0 aliphatic heterocycles. The van der Waals surface area contributed by atoms with Crippen LogP contribution >= 0.6 is 0 Å². The molecule has 7 rings (SSSR count). The first kappa shape index (κ1) is 81.6. The zero-order valence-electron chi connectivity index (χ0n) is 45.3. The maximum absolute atomic E-state index is 13.8. The third kappa shape index (κ3) is 25.7. The second kappa shape index (κ2) is 39.2. The van der Waals surface area contributed by atoms with Crippen LogP contribution in [0.2, 0.25) is 0 Å². The van der Waals surface area contributed by atoms with Crippen molar-refractivity contribution in [1.82, 2.24) is 0 Å². The van der Waals surface area contributed by atoms with Crippen molar-refractivity contribution in [3.8, 4) is 46.0 Å². The van der Waals surface area contributed by atoms with Crippen LogP contribution in [0.15, 0.2) is 170 Å². The SMILES string of the molecule is C.C.C.C.C.C.C.CC(C)(C)C.COc1ccc(C(C)(C)c2ccc(OC)cc2)cc1.COc1ccc(C(C)(c2ccc(OC)cc2)C(F)(F)F)cc1.COc1ccc(Cc2ccc(OC)cc2)cc1.COc1ccc(OC)cc1. The van der Waals surface area contributed by atoms with E-state index in [4.69, 9.17) is 37.9 Å². The van der Waals surface area contributed by atoms with Crippen molar-refractivity contribution in [2.45, 2.75) is 124 Å². The summed E-state index contributed by atoms with van der Waals surface area (Å²) in [6.07, 6.45) is -3.51. The Balaban J connectivity index is -0.000000302. The van der Waals surface area contributed by atoms with Gasteiger partial charge in [-0.1, -0.05) is 166 Å². The third-order valence-corrected chi connectivity index (χ3v) is 11.5. The molecule has 80 heavy (non-hydrogen) atoms. The van der Waals surface area contributed by atoms with Gasteiger partial charge in [0.15, 0.2) is 0 Å². The second-order valence-electron chi connectivity index (χ2n) is 18.9. The highest BCUT2D eigenvalue weighted by Gasteiger charge is 2.53. The summed E-state index contributed by atoms with van der Waals surface area (Å²) in [5, 5.41) is 0. The van der Waals surface area contributed by atoms with E-state index >= 15 is 0 Å². The quantitative estimate of drug-likeness (QED) is 0.107. The Kier molecular flexibility index (Phi) is 39.9. The van der Waals surface area contributed by atoms with Crippen LogP contribution in [0.25, 0.3) is 0 Å². The lowest BCUT2D eigenvalue weighted by atomic mass is 9.75. The van der Waals surface area contributed by atoms with E-state index in [-0.39, 0.29) is 68.5 Å². The Bertz CT molecular complexity index is 2420. The molecule has 0 saturated carbocycles. The predicted octanol–water partition coefficient (Wildman–Crippen LogP) is 20.1. The van der Waals surface area contributed by atoms with E-state index < -0.39 is 11.6 Å². The molecule has 0 aliphatic carbocycles. The maximum atomic E-state index is 13.8. The number of halogens is 3. The van der Waals surface area contributed by atoms with Gasteiger partial charge < -0.3 is 37.9 Å². The molecule has 0 spiro atoms. The highest BCUT2D eigenvalue weighted by atomic mass is 19.4. The third-order valence-electron chi connectivity index (χ3n) is 11.5. The van der Waals surface area contributed by atoms with Gasteiger partial charge >= 0.3 is 6.18 Å². The fourth-order valence-corrected chi connectivity index (χ4v) is 6.96. The summed E-state index contributed by atoms with van der Waals surface area (Å²) < 4.78 is 81.9. The number of benzene rings is 7. The van der Waals surface area contributed by atoms with Crippen molar-refractivity contribution >= 4 is 0 Å². The Labute approximate surface area is 484 Å². The van der Waals surface area contributed by atoms with E-state index in [1.54, 1.807) is 42.7 Å². The van der Waals surface area contributed by atoms with Crippen LogP contribution in [-0.2, 0) is 17.3 Å². The zero-order valence-corrected chi connectivity index (χ0v) is 45.3. The average molecular weight is 1120 g/mol. The summed E-state index contributed by atoms with van der Waals surface area (Å²) in [6, 6.07) is 52.1. The molecule has 0 N–H and O–H groups in total. The number of hydrogen-bond acceptors (Lipinski definition) is 8. The van der Waals surface area contributed by atoms with Crippen molar-refractivity contribution in [3.63, 3.8) is 0 Å². The van der Waals surface area contributed by atoms with Gasteiger partial charge in [-0.15, -0.1) is 0 Å². The van der Waals surface area contributed by atoms with Gasteiger partial charge in [-0.05, 0) is 149 Å². The van der Waals surface area contributed by atoms with E-state index in [0.29, 0.717) is 16.9 Å². The molecular formula is C69H103F3O8. The predicted molar refractivity (Wildman–Crippen MR) is 337 cm³/mol. The van der Waals surface area contributed by atoms with Gasteiger partial charge in [0.1, 0.15) is 51.4 Å². The monoisotopic (exact) mass is 1120 g/mol. The standard InChI is InChI=1S/C17H17F3O2.C17H20O2.C15H16O2.C8H10O2.C5H12.7CH4/c1-16(17(18,19)20,12-4-8-14(21-2)9-5-12)13-6-10-15(22-3)11-7-13;1-17(2,13-5-9-15(18-3)10-6-13)14-7-11-16(19-4)12-8-14;1-16-14-7-3-12(4-8-14)11-13-5-9-15(17-2)10-6-13;1-9-7-3-5-8(10-2)6-4-7;1-5(2,3)4;;;;;;;/h4-11H,1-3H3;5-12H,1-4H3;3-10H,11H2,1-2H3;3-6H,1-2H3;1-4H3;7*1H4. The average Bonchev–Trinajstić information content (AvgIpc) is 3.41. The van der Waals surface area contributed by atoms with E-state index in [1.165, 1.54) is 91.9 Å². The molecular weight excluding hydrogens is 1010 g/mol. The lowest BCUT2D eigenvalue weighted by Crippen LogP contribution is -2.40. The van der Waals surface area contributed by atoms with Gasteiger partial charge in [-0.2, -0.15) is 13.2 Å². The Hall–Kier alpha value is -7.27. The molecule has 0 saturated heterocycles. The summed E-state index contributed by atoms with van der Waals surface area (Å²) in [4.78, 5) is 0. The highest BCUT2D eigenvalue weighted by Crippen LogP contribution is 2.46. The van der Waals surface area contributed by atoms with Crippen LogP contribution in [0.4, 0.5) is 13.2 Å². The molecule has 0 fully saturated rings. The van der Waals surface area contributed by atoms with E-state index in [2.05, 4.69) is 90.1 Å². The molecule has 0 unspecified atom stereocenters. The summed E-state index contributed by atoms with van der Waals surface area (Å²) in [5.74, 6) is 6.28. The Morgan fingerprint density at radius 1 is 0.263 bits per heavy atom. The Morgan fingerprint density at radius 2 is 0.412 bits per heavy atom. The van der Waals surface area contributed by atoms with E-state index in [0.717, 1.165) is 40.9 Å². The molecule has 0 atom stereocenters. The van der Waals surface area contributed by atoms with Crippen molar-refractivity contribution in [1.29, 1.82) is 0 Å². The van der Waals surface area contributed by atoms with Crippen LogP contribution < -0.4 is 37.9 Å². The fourth-order valence-electron chi connectivity index (χ4n) is 6.96. The number of methoxy groups -OCH3 is 8.